The number of halogens is 1. The van der Waals surface area contributed by atoms with Crippen molar-refractivity contribution in [1.29, 1.82) is 0 Å². The molecule has 1 aromatic rings. The number of aryl methyl sites for hydroxylation is 1. The molecule has 0 radical (unpaired) electrons. The van der Waals surface area contributed by atoms with Gasteiger partial charge in [0.25, 0.3) is 0 Å². The van der Waals surface area contributed by atoms with Crippen LogP contribution in [-0.2, 0) is 16.8 Å². The highest BCUT2D eigenvalue weighted by atomic mass is 79.9. The van der Waals surface area contributed by atoms with Crippen molar-refractivity contribution < 1.29 is 4.74 Å². The summed E-state index contributed by atoms with van der Waals surface area (Å²) in [6.45, 7) is 2.11. The second-order valence-electron chi connectivity index (χ2n) is 5.02. The van der Waals surface area contributed by atoms with Crippen LogP contribution in [0.25, 0.3) is 0 Å². The molecule has 0 saturated heterocycles. The molecule has 106 valence electrons. The number of aromatic nitrogens is 2. The van der Waals surface area contributed by atoms with Gasteiger partial charge in [-0.25, -0.2) is 9.97 Å². The summed E-state index contributed by atoms with van der Waals surface area (Å²) in [4.78, 5) is 9.42. The maximum absolute atomic E-state index is 5.84. The maximum Gasteiger partial charge on any atom is 0.162 e. The average molecular weight is 328 g/mol. The van der Waals surface area contributed by atoms with Gasteiger partial charge in [0.2, 0.25) is 0 Å². The van der Waals surface area contributed by atoms with E-state index in [1.54, 1.807) is 7.11 Å². The normalized spacial score (nSPS) is 18.3. The fourth-order valence-electron chi connectivity index (χ4n) is 2.74. The van der Waals surface area contributed by atoms with Crippen LogP contribution in [0.2, 0.25) is 0 Å². The molecule has 1 saturated carbocycles. The minimum absolute atomic E-state index is 0.297. The summed E-state index contributed by atoms with van der Waals surface area (Å²) in [6.07, 6.45) is 6.55. The minimum Gasteiger partial charge on any atom is -0.372 e. The molecule has 4 nitrogen and oxygen atoms in total. The lowest BCUT2D eigenvalue weighted by Crippen LogP contribution is -2.34. The molecule has 2 rings (SSSR count). The van der Waals surface area contributed by atoms with Crippen molar-refractivity contribution in [2.24, 2.45) is 0 Å². The third-order valence-electron chi connectivity index (χ3n) is 3.95. The Hall–Kier alpha value is -0.680. The first kappa shape index (κ1) is 14.7. The van der Waals surface area contributed by atoms with E-state index in [9.17, 15) is 0 Å². The molecule has 0 atom stereocenters. The molecule has 5 heteroatoms. The van der Waals surface area contributed by atoms with Gasteiger partial charge in [-0.1, -0.05) is 26.2 Å². The summed E-state index contributed by atoms with van der Waals surface area (Å²) < 4.78 is 6.80. The van der Waals surface area contributed by atoms with E-state index in [2.05, 4.69) is 33.2 Å². The number of nitrogens with zero attached hydrogens (tertiary/aromatic N) is 2. The molecule has 1 N–H and O–H groups in total. The molecule has 1 aliphatic rings. The van der Waals surface area contributed by atoms with Crippen LogP contribution in [0.1, 0.15) is 50.5 Å². The van der Waals surface area contributed by atoms with Crippen molar-refractivity contribution in [3.05, 3.63) is 16.0 Å². The summed E-state index contributed by atoms with van der Waals surface area (Å²) >= 11 is 3.57. The van der Waals surface area contributed by atoms with Gasteiger partial charge < -0.3 is 10.1 Å². The summed E-state index contributed by atoms with van der Waals surface area (Å²) in [5, 5.41) is 3.14. The van der Waals surface area contributed by atoms with Crippen LogP contribution in [0.15, 0.2) is 4.47 Å². The SMILES string of the molecule is CCc1nc(C2(OC)CCCCC2)nc(NC)c1Br. The number of rotatable bonds is 4. The summed E-state index contributed by atoms with van der Waals surface area (Å²) in [6, 6.07) is 0. The molecule has 1 fully saturated rings. The first-order valence-electron chi connectivity index (χ1n) is 6.96. The molecular weight excluding hydrogens is 306 g/mol. The van der Waals surface area contributed by atoms with Gasteiger partial charge >= 0.3 is 0 Å². The third-order valence-corrected chi connectivity index (χ3v) is 4.78. The van der Waals surface area contributed by atoms with Crippen molar-refractivity contribution >= 4 is 21.7 Å². The van der Waals surface area contributed by atoms with Crippen LogP contribution in [0, 0.1) is 0 Å². The van der Waals surface area contributed by atoms with E-state index in [1.165, 1.54) is 19.3 Å². The Bertz CT molecular complexity index is 419. The third kappa shape index (κ3) is 2.77. The Labute approximate surface area is 123 Å². The van der Waals surface area contributed by atoms with Crippen molar-refractivity contribution in [2.75, 3.05) is 19.5 Å². The van der Waals surface area contributed by atoms with E-state index in [0.717, 1.165) is 41.1 Å². The second kappa shape index (κ2) is 6.18. The Balaban J connectivity index is 2.48. The topological polar surface area (TPSA) is 47.0 Å². The van der Waals surface area contributed by atoms with E-state index in [1.807, 2.05) is 7.05 Å². The van der Waals surface area contributed by atoms with Crippen molar-refractivity contribution in [1.82, 2.24) is 9.97 Å². The lowest BCUT2D eigenvalue weighted by Gasteiger charge is -2.35. The highest BCUT2D eigenvalue weighted by molar-refractivity contribution is 9.10. The molecule has 0 unspecified atom stereocenters. The number of nitrogens with one attached hydrogen (secondary N) is 1. The second-order valence-corrected chi connectivity index (χ2v) is 5.81. The van der Waals surface area contributed by atoms with Crippen LogP contribution >= 0.6 is 15.9 Å². The van der Waals surface area contributed by atoms with Gasteiger partial charge in [0, 0.05) is 14.2 Å². The maximum atomic E-state index is 5.84. The standard InChI is InChI=1S/C14H22BrN3O/c1-4-10-11(15)12(16-2)18-13(17-10)14(19-3)8-6-5-7-9-14/h4-9H2,1-3H3,(H,16,17,18). The van der Waals surface area contributed by atoms with E-state index in [4.69, 9.17) is 9.72 Å². The average Bonchev–Trinajstić information content (AvgIpc) is 2.48. The summed E-state index contributed by atoms with van der Waals surface area (Å²) in [5.74, 6) is 1.68. The molecule has 1 aliphatic carbocycles. The predicted molar refractivity (Wildman–Crippen MR) is 80.4 cm³/mol. The fraction of sp³-hybridized carbons (Fsp3) is 0.714. The van der Waals surface area contributed by atoms with Gasteiger partial charge in [0.05, 0.1) is 10.2 Å². The van der Waals surface area contributed by atoms with Crippen LogP contribution in [0.4, 0.5) is 5.82 Å². The highest BCUT2D eigenvalue weighted by Crippen LogP contribution is 2.39. The minimum atomic E-state index is -0.297. The fourth-order valence-corrected chi connectivity index (χ4v) is 3.40. The van der Waals surface area contributed by atoms with Gasteiger partial charge in [0.1, 0.15) is 11.4 Å². The molecule has 19 heavy (non-hydrogen) atoms. The Morgan fingerprint density at radius 3 is 2.47 bits per heavy atom. The van der Waals surface area contributed by atoms with Crippen molar-refractivity contribution in [3.63, 3.8) is 0 Å². The van der Waals surface area contributed by atoms with Crippen LogP contribution in [-0.4, -0.2) is 24.1 Å². The molecule has 0 spiro atoms. The highest BCUT2D eigenvalue weighted by Gasteiger charge is 2.37. The molecule has 0 aromatic carbocycles. The number of hydrogen-bond acceptors (Lipinski definition) is 4. The smallest absolute Gasteiger partial charge is 0.162 e. The lowest BCUT2D eigenvalue weighted by atomic mass is 9.84. The van der Waals surface area contributed by atoms with Crippen LogP contribution in [0.5, 0.6) is 0 Å². The van der Waals surface area contributed by atoms with E-state index < -0.39 is 0 Å². The van der Waals surface area contributed by atoms with Gasteiger partial charge in [0.15, 0.2) is 5.82 Å². The molecular formula is C14H22BrN3O. The first-order chi connectivity index (χ1) is 9.16. The molecule has 0 amide bonds. The van der Waals surface area contributed by atoms with Gasteiger partial charge in [-0.3, -0.25) is 0 Å². The van der Waals surface area contributed by atoms with E-state index >= 15 is 0 Å². The quantitative estimate of drug-likeness (QED) is 0.916. The molecule has 1 heterocycles. The van der Waals surface area contributed by atoms with Crippen LogP contribution < -0.4 is 5.32 Å². The molecule has 0 bridgehead atoms. The zero-order valence-electron chi connectivity index (χ0n) is 11.9. The Morgan fingerprint density at radius 2 is 1.95 bits per heavy atom. The molecule has 0 aliphatic heterocycles. The largest absolute Gasteiger partial charge is 0.372 e. The number of anilines is 1. The first-order valence-corrected chi connectivity index (χ1v) is 7.76. The monoisotopic (exact) mass is 327 g/mol. The van der Waals surface area contributed by atoms with Gasteiger partial charge in [-0.15, -0.1) is 0 Å². The van der Waals surface area contributed by atoms with Crippen molar-refractivity contribution in [2.45, 2.75) is 51.0 Å². The number of methoxy groups -OCH3 is 1. The number of ether oxygens (including phenoxy) is 1. The lowest BCUT2D eigenvalue weighted by molar-refractivity contribution is -0.0515. The predicted octanol–water partition coefficient (Wildman–Crippen LogP) is 3.65. The van der Waals surface area contributed by atoms with Crippen LogP contribution in [0.3, 0.4) is 0 Å². The van der Waals surface area contributed by atoms with Gasteiger partial charge in [-0.05, 0) is 35.2 Å². The summed E-state index contributed by atoms with van der Waals surface area (Å²) in [5.41, 5.74) is 0.741. The zero-order chi connectivity index (χ0) is 13.9. The van der Waals surface area contributed by atoms with E-state index in [0.29, 0.717) is 0 Å². The van der Waals surface area contributed by atoms with Gasteiger partial charge in [-0.2, -0.15) is 0 Å². The summed E-state index contributed by atoms with van der Waals surface area (Å²) in [7, 11) is 3.66. The zero-order valence-corrected chi connectivity index (χ0v) is 13.5. The number of hydrogen-bond donors (Lipinski definition) is 1. The Morgan fingerprint density at radius 1 is 1.26 bits per heavy atom. The Kier molecular flexibility index (Phi) is 4.79. The van der Waals surface area contributed by atoms with Crippen molar-refractivity contribution in [3.8, 4) is 0 Å². The van der Waals surface area contributed by atoms with E-state index in [-0.39, 0.29) is 5.60 Å². The molecule has 1 aromatic heterocycles.